The molecule has 1 rings (SSSR count). The van der Waals surface area contributed by atoms with Crippen molar-refractivity contribution in [2.45, 2.75) is 31.9 Å². The Morgan fingerprint density at radius 1 is 1.37 bits per heavy atom. The number of aliphatic hydroxyl groups is 1. The third kappa shape index (κ3) is 5.67. The molecule has 0 saturated carbocycles. The van der Waals surface area contributed by atoms with Crippen LogP contribution in [0.15, 0.2) is 18.2 Å². The highest BCUT2D eigenvalue weighted by Gasteiger charge is 2.13. The Hall–Kier alpha value is -0.320. The molecule has 0 heterocycles. The Labute approximate surface area is 124 Å². The van der Waals surface area contributed by atoms with E-state index in [1.165, 1.54) is 0 Å². The number of methoxy groups -OCH3 is 1. The smallest absolute Gasteiger partial charge is 0.0785 e. The van der Waals surface area contributed by atoms with E-state index in [-0.39, 0.29) is 6.04 Å². The van der Waals surface area contributed by atoms with Gasteiger partial charge in [0.1, 0.15) is 0 Å². The summed E-state index contributed by atoms with van der Waals surface area (Å²) in [5.74, 6) is 0. The first-order valence-electron chi connectivity index (χ1n) is 6.43. The van der Waals surface area contributed by atoms with Crippen LogP contribution < -0.4 is 5.32 Å². The van der Waals surface area contributed by atoms with Crippen LogP contribution in [0.1, 0.15) is 31.4 Å². The van der Waals surface area contributed by atoms with Gasteiger partial charge in [-0.1, -0.05) is 36.2 Å². The molecule has 108 valence electrons. The largest absolute Gasteiger partial charge is 0.391 e. The monoisotopic (exact) mass is 305 g/mol. The molecule has 0 fully saturated rings. The second-order valence-corrected chi connectivity index (χ2v) is 5.32. The molecule has 2 atom stereocenters. The fourth-order valence-electron chi connectivity index (χ4n) is 1.96. The van der Waals surface area contributed by atoms with Crippen LogP contribution in [0.5, 0.6) is 0 Å². The molecule has 0 amide bonds. The van der Waals surface area contributed by atoms with Gasteiger partial charge in [0, 0.05) is 23.2 Å². The minimum atomic E-state index is -0.435. The molecule has 5 heteroatoms. The molecule has 0 aliphatic rings. The SMILES string of the molecule is CCC(NCCC(O)COC)c1ccc(Cl)cc1Cl. The lowest BCUT2D eigenvalue weighted by atomic mass is 10.0. The fourth-order valence-corrected chi connectivity index (χ4v) is 2.50. The number of nitrogens with one attached hydrogen (secondary N) is 1. The second-order valence-electron chi connectivity index (χ2n) is 4.48. The Kier molecular flexibility index (Phi) is 7.73. The van der Waals surface area contributed by atoms with Crippen molar-refractivity contribution < 1.29 is 9.84 Å². The lowest BCUT2D eigenvalue weighted by Gasteiger charge is -2.20. The van der Waals surface area contributed by atoms with E-state index < -0.39 is 6.10 Å². The van der Waals surface area contributed by atoms with E-state index in [2.05, 4.69) is 12.2 Å². The highest BCUT2D eigenvalue weighted by Crippen LogP contribution is 2.27. The summed E-state index contributed by atoms with van der Waals surface area (Å²) in [5, 5.41) is 14.3. The molecule has 19 heavy (non-hydrogen) atoms. The maximum Gasteiger partial charge on any atom is 0.0785 e. The normalized spacial score (nSPS) is 14.4. The molecule has 3 nitrogen and oxygen atoms in total. The van der Waals surface area contributed by atoms with E-state index in [1.54, 1.807) is 13.2 Å². The lowest BCUT2D eigenvalue weighted by Crippen LogP contribution is -2.26. The topological polar surface area (TPSA) is 41.5 Å². The standard InChI is InChI=1S/C14H21Cl2NO2/c1-3-14(17-7-6-11(18)9-19-2)12-5-4-10(15)8-13(12)16/h4-5,8,11,14,17-18H,3,6-7,9H2,1-2H3. The average molecular weight is 306 g/mol. The highest BCUT2D eigenvalue weighted by atomic mass is 35.5. The first-order valence-corrected chi connectivity index (χ1v) is 7.19. The van der Waals surface area contributed by atoms with Crippen molar-refractivity contribution in [3.05, 3.63) is 33.8 Å². The van der Waals surface area contributed by atoms with Crippen LogP contribution >= 0.6 is 23.2 Å². The van der Waals surface area contributed by atoms with E-state index in [1.807, 2.05) is 12.1 Å². The Morgan fingerprint density at radius 3 is 2.68 bits per heavy atom. The Balaban J connectivity index is 2.53. The zero-order valence-corrected chi connectivity index (χ0v) is 12.8. The van der Waals surface area contributed by atoms with Crippen molar-refractivity contribution in [1.29, 1.82) is 0 Å². The highest BCUT2D eigenvalue weighted by molar-refractivity contribution is 6.35. The van der Waals surface area contributed by atoms with Gasteiger partial charge in [-0.05, 0) is 37.1 Å². The molecular formula is C14H21Cl2NO2. The molecule has 1 aromatic rings. The average Bonchev–Trinajstić information content (AvgIpc) is 2.36. The van der Waals surface area contributed by atoms with E-state index in [9.17, 15) is 5.11 Å². The van der Waals surface area contributed by atoms with Gasteiger partial charge in [0.25, 0.3) is 0 Å². The summed E-state index contributed by atoms with van der Waals surface area (Å²) in [6.45, 7) is 3.16. The Bertz CT molecular complexity index is 388. The van der Waals surface area contributed by atoms with Crippen LogP contribution in [0, 0.1) is 0 Å². The van der Waals surface area contributed by atoms with E-state index in [0.29, 0.717) is 29.6 Å². The molecule has 0 radical (unpaired) electrons. The molecule has 2 N–H and O–H groups in total. The molecule has 0 saturated heterocycles. The summed E-state index contributed by atoms with van der Waals surface area (Å²) in [6.07, 6.45) is 1.13. The van der Waals surface area contributed by atoms with Crippen molar-refractivity contribution in [3.63, 3.8) is 0 Å². The van der Waals surface area contributed by atoms with Crippen LogP contribution in [-0.2, 0) is 4.74 Å². The summed E-state index contributed by atoms with van der Waals surface area (Å²) in [7, 11) is 1.58. The quantitative estimate of drug-likeness (QED) is 0.773. The first-order chi connectivity index (χ1) is 9.08. The number of hydrogen-bond donors (Lipinski definition) is 2. The molecule has 0 bridgehead atoms. The van der Waals surface area contributed by atoms with Gasteiger partial charge in [0.15, 0.2) is 0 Å². The fraction of sp³-hybridized carbons (Fsp3) is 0.571. The van der Waals surface area contributed by atoms with Gasteiger partial charge in [-0.15, -0.1) is 0 Å². The number of ether oxygens (including phenoxy) is 1. The first kappa shape index (κ1) is 16.7. The van der Waals surface area contributed by atoms with E-state index >= 15 is 0 Å². The Morgan fingerprint density at radius 2 is 2.11 bits per heavy atom. The van der Waals surface area contributed by atoms with Gasteiger partial charge in [-0.25, -0.2) is 0 Å². The summed E-state index contributed by atoms with van der Waals surface area (Å²) in [4.78, 5) is 0. The molecule has 2 unspecified atom stereocenters. The van der Waals surface area contributed by atoms with Gasteiger partial charge >= 0.3 is 0 Å². The summed E-state index contributed by atoms with van der Waals surface area (Å²) in [5.41, 5.74) is 1.04. The van der Waals surface area contributed by atoms with Crippen LogP contribution in [0.2, 0.25) is 10.0 Å². The molecule has 0 aliphatic heterocycles. The van der Waals surface area contributed by atoms with Crippen LogP contribution in [-0.4, -0.2) is 31.5 Å². The van der Waals surface area contributed by atoms with Crippen molar-refractivity contribution in [2.75, 3.05) is 20.3 Å². The maximum atomic E-state index is 9.59. The molecular weight excluding hydrogens is 285 g/mol. The van der Waals surface area contributed by atoms with Crippen molar-refractivity contribution in [1.82, 2.24) is 5.32 Å². The second kappa shape index (κ2) is 8.77. The summed E-state index contributed by atoms with van der Waals surface area (Å²) in [6, 6.07) is 5.70. The maximum absolute atomic E-state index is 9.59. The minimum absolute atomic E-state index is 0.166. The van der Waals surface area contributed by atoms with Gasteiger partial charge in [-0.3, -0.25) is 0 Å². The summed E-state index contributed by atoms with van der Waals surface area (Å²) < 4.78 is 4.89. The van der Waals surface area contributed by atoms with Gasteiger partial charge < -0.3 is 15.2 Å². The van der Waals surface area contributed by atoms with Gasteiger partial charge in [0.2, 0.25) is 0 Å². The number of benzene rings is 1. The molecule has 1 aromatic carbocycles. The third-order valence-corrected chi connectivity index (χ3v) is 3.54. The minimum Gasteiger partial charge on any atom is -0.391 e. The summed E-state index contributed by atoms with van der Waals surface area (Å²) >= 11 is 12.1. The van der Waals surface area contributed by atoms with Crippen LogP contribution in [0.4, 0.5) is 0 Å². The van der Waals surface area contributed by atoms with E-state index in [0.717, 1.165) is 12.0 Å². The zero-order chi connectivity index (χ0) is 14.3. The predicted molar refractivity (Wildman–Crippen MR) is 80.0 cm³/mol. The third-order valence-electron chi connectivity index (χ3n) is 2.97. The van der Waals surface area contributed by atoms with E-state index in [4.69, 9.17) is 27.9 Å². The van der Waals surface area contributed by atoms with Crippen molar-refractivity contribution in [2.24, 2.45) is 0 Å². The van der Waals surface area contributed by atoms with Crippen molar-refractivity contribution >= 4 is 23.2 Å². The molecule has 0 spiro atoms. The number of aliphatic hydroxyl groups excluding tert-OH is 1. The number of hydrogen-bond acceptors (Lipinski definition) is 3. The lowest BCUT2D eigenvalue weighted by molar-refractivity contribution is 0.0589. The predicted octanol–water partition coefficient (Wildman–Crippen LogP) is 3.43. The molecule has 0 aliphatic carbocycles. The van der Waals surface area contributed by atoms with Gasteiger partial charge in [0.05, 0.1) is 12.7 Å². The van der Waals surface area contributed by atoms with Crippen LogP contribution in [0.25, 0.3) is 0 Å². The number of rotatable bonds is 8. The zero-order valence-electron chi connectivity index (χ0n) is 11.3. The van der Waals surface area contributed by atoms with Crippen LogP contribution in [0.3, 0.4) is 0 Å². The molecule has 0 aromatic heterocycles. The van der Waals surface area contributed by atoms with Crippen molar-refractivity contribution in [3.8, 4) is 0 Å². The number of halogens is 2. The van der Waals surface area contributed by atoms with Gasteiger partial charge in [-0.2, -0.15) is 0 Å².